The van der Waals surface area contributed by atoms with E-state index in [1.165, 1.54) is 5.56 Å². The highest BCUT2D eigenvalue weighted by atomic mass is 15.1. The molecule has 0 aliphatic carbocycles. The molecule has 1 aromatic carbocycles. The minimum Gasteiger partial charge on any atom is -0.320 e. The van der Waals surface area contributed by atoms with Crippen molar-refractivity contribution in [2.24, 2.45) is 11.7 Å². The van der Waals surface area contributed by atoms with Gasteiger partial charge < -0.3 is 5.73 Å². The van der Waals surface area contributed by atoms with Gasteiger partial charge in [0.1, 0.15) is 0 Å². The molecule has 18 heavy (non-hydrogen) atoms. The second-order valence-electron chi connectivity index (χ2n) is 4.93. The molecule has 0 aliphatic heterocycles. The van der Waals surface area contributed by atoms with E-state index in [0.29, 0.717) is 12.5 Å². The molecule has 2 heteroatoms. The summed E-state index contributed by atoms with van der Waals surface area (Å²) in [6, 6.07) is 8.42. The third kappa shape index (κ3) is 5.35. The topological polar surface area (TPSA) is 29.3 Å². The molecule has 0 atom stereocenters. The standard InChI is InChI=1S/C16H24N2/c1-4-18(12-14(2)3)13-16-8-5-7-15(11-16)9-6-10-17/h5,7-8,11,14H,4,10,12-13,17H2,1-3H3. The van der Waals surface area contributed by atoms with E-state index in [1.807, 2.05) is 6.07 Å². The van der Waals surface area contributed by atoms with E-state index in [2.05, 4.69) is 55.7 Å². The maximum Gasteiger partial charge on any atom is 0.0555 e. The SMILES string of the molecule is CCN(Cc1cccc(C#CCN)c1)CC(C)C. The molecular weight excluding hydrogens is 220 g/mol. The largest absolute Gasteiger partial charge is 0.320 e. The van der Waals surface area contributed by atoms with Crippen molar-refractivity contribution < 1.29 is 0 Å². The summed E-state index contributed by atoms with van der Waals surface area (Å²) in [5.74, 6) is 6.68. The molecule has 0 amide bonds. The Labute approximate surface area is 111 Å². The first-order chi connectivity index (χ1) is 8.65. The van der Waals surface area contributed by atoms with E-state index in [0.717, 1.165) is 25.2 Å². The van der Waals surface area contributed by atoms with E-state index in [-0.39, 0.29) is 0 Å². The molecule has 2 N–H and O–H groups in total. The lowest BCUT2D eigenvalue weighted by Crippen LogP contribution is -2.27. The minimum atomic E-state index is 0.415. The van der Waals surface area contributed by atoms with Gasteiger partial charge in [-0.1, -0.05) is 44.7 Å². The molecule has 2 nitrogen and oxygen atoms in total. The highest BCUT2D eigenvalue weighted by Crippen LogP contribution is 2.09. The highest BCUT2D eigenvalue weighted by molar-refractivity contribution is 5.37. The summed E-state index contributed by atoms with van der Waals surface area (Å²) in [6.45, 7) is 10.3. The zero-order valence-corrected chi connectivity index (χ0v) is 11.7. The number of nitrogens with two attached hydrogens (primary N) is 1. The highest BCUT2D eigenvalue weighted by Gasteiger charge is 2.06. The number of benzene rings is 1. The van der Waals surface area contributed by atoms with Crippen LogP contribution >= 0.6 is 0 Å². The van der Waals surface area contributed by atoms with Crippen LogP contribution in [0.4, 0.5) is 0 Å². The van der Waals surface area contributed by atoms with Crippen molar-refractivity contribution >= 4 is 0 Å². The lowest BCUT2D eigenvalue weighted by atomic mass is 10.1. The van der Waals surface area contributed by atoms with Crippen LogP contribution in [-0.2, 0) is 6.54 Å². The van der Waals surface area contributed by atoms with E-state index >= 15 is 0 Å². The lowest BCUT2D eigenvalue weighted by molar-refractivity contribution is 0.248. The Morgan fingerprint density at radius 2 is 2.11 bits per heavy atom. The van der Waals surface area contributed by atoms with Gasteiger partial charge in [0, 0.05) is 18.7 Å². The van der Waals surface area contributed by atoms with Crippen LogP contribution in [0.3, 0.4) is 0 Å². The van der Waals surface area contributed by atoms with Crippen molar-refractivity contribution in [3.05, 3.63) is 35.4 Å². The van der Waals surface area contributed by atoms with Crippen molar-refractivity contribution in [2.45, 2.75) is 27.3 Å². The Morgan fingerprint density at radius 1 is 1.33 bits per heavy atom. The molecule has 0 bridgehead atoms. The summed E-state index contributed by atoms with van der Waals surface area (Å²) in [5.41, 5.74) is 7.76. The maximum absolute atomic E-state index is 5.39. The predicted molar refractivity (Wildman–Crippen MR) is 78.2 cm³/mol. The van der Waals surface area contributed by atoms with Gasteiger partial charge in [0.15, 0.2) is 0 Å². The van der Waals surface area contributed by atoms with Crippen LogP contribution in [0.25, 0.3) is 0 Å². The molecule has 98 valence electrons. The average molecular weight is 244 g/mol. The summed E-state index contributed by atoms with van der Waals surface area (Å²) in [7, 11) is 0. The number of nitrogens with zero attached hydrogens (tertiary/aromatic N) is 1. The van der Waals surface area contributed by atoms with E-state index in [1.54, 1.807) is 0 Å². The Morgan fingerprint density at radius 3 is 2.72 bits per heavy atom. The fourth-order valence-electron chi connectivity index (χ4n) is 1.98. The van der Waals surface area contributed by atoms with Crippen molar-refractivity contribution in [3.8, 4) is 11.8 Å². The molecule has 0 saturated carbocycles. The third-order valence-corrected chi connectivity index (χ3v) is 2.74. The Kier molecular flexibility index (Phi) is 6.49. The normalized spacial score (nSPS) is 10.6. The van der Waals surface area contributed by atoms with Crippen LogP contribution < -0.4 is 5.73 Å². The third-order valence-electron chi connectivity index (χ3n) is 2.74. The number of rotatable bonds is 5. The lowest BCUT2D eigenvalue weighted by Gasteiger charge is -2.22. The van der Waals surface area contributed by atoms with E-state index in [4.69, 9.17) is 5.73 Å². The zero-order chi connectivity index (χ0) is 13.4. The van der Waals surface area contributed by atoms with Gasteiger partial charge >= 0.3 is 0 Å². The fourth-order valence-corrected chi connectivity index (χ4v) is 1.98. The van der Waals surface area contributed by atoms with Crippen molar-refractivity contribution in [3.63, 3.8) is 0 Å². The molecule has 0 aliphatic rings. The van der Waals surface area contributed by atoms with Crippen LogP contribution in [0.1, 0.15) is 31.9 Å². The summed E-state index contributed by atoms with van der Waals surface area (Å²) in [5, 5.41) is 0. The van der Waals surface area contributed by atoms with Gasteiger partial charge in [-0.25, -0.2) is 0 Å². The van der Waals surface area contributed by atoms with Crippen LogP contribution in [0.5, 0.6) is 0 Å². The summed E-state index contributed by atoms with van der Waals surface area (Å²) < 4.78 is 0. The molecule has 0 unspecified atom stereocenters. The Hall–Kier alpha value is -1.30. The molecule has 0 heterocycles. The number of hydrogen-bond donors (Lipinski definition) is 1. The predicted octanol–water partition coefficient (Wildman–Crippen LogP) is 2.47. The van der Waals surface area contributed by atoms with Gasteiger partial charge in [-0.2, -0.15) is 0 Å². The molecular formula is C16H24N2. The molecule has 0 aromatic heterocycles. The van der Waals surface area contributed by atoms with Gasteiger partial charge in [0.25, 0.3) is 0 Å². The second kappa shape index (κ2) is 7.92. The maximum atomic E-state index is 5.39. The second-order valence-corrected chi connectivity index (χ2v) is 4.93. The Balaban J connectivity index is 2.71. The van der Waals surface area contributed by atoms with Crippen molar-refractivity contribution in [2.75, 3.05) is 19.6 Å². The number of hydrogen-bond acceptors (Lipinski definition) is 2. The Bertz CT molecular complexity index is 413. The molecule has 1 aromatic rings. The van der Waals surface area contributed by atoms with Gasteiger partial charge in [-0.05, 0) is 30.2 Å². The van der Waals surface area contributed by atoms with Gasteiger partial charge in [0.05, 0.1) is 6.54 Å². The van der Waals surface area contributed by atoms with Crippen LogP contribution in [0.15, 0.2) is 24.3 Å². The molecule has 0 radical (unpaired) electrons. The molecule has 0 fully saturated rings. The van der Waals surface area contributed by atoms with Gasteiger partial charge in [0.2, 0.25) is 0 Å². The van der Waals surface area contributed by atoms with Gasteiger partial charge in [-0.15, -0.1) is 0 Å². The molecule has 0 saturated heterocycles. The first-order valence-corrected chi connectivity index (χ1v) is 6.66. The summed E-state index contributed by atoms with van der Waals surface area (Å²) >= 11 is 0. The zero-order valence-electron chi connectivity index (χ0n) is 11.7. The summed E-state index contributed by atoms with van der Waals surface area (Å²) in [4.78, 5) is 2.46. The first-order valence-electron chi connectivity index (χ1n) is 6.66. The quantitative estimate of drug-likeness (QED) is 0.806. The van der Waals surface area contributed by atoms with Crippen LogP contribution in [0.2, 0.25) is 0 Å². The van der Waals surface area contributed by atoms with Crippen molar-refractivity contribution in [1.29, 1.82) is 0 Å². The van der Waals surface area contributed by atoms with Gasteiger partial charge in [-0.3, -0.25) is 4.90 Å². The minimum absolute atomic E-state index is 0.415. The van der Waals surface area contributed by atoms with Crippen LogP contribution in [0, 0.1) is 17.8 Å². The summed E-state index contributed by atoms with van der Waals surface area (Å²) in [6.07, 6.45) is 0. The monoisotopic (exact) mass is 244 g/mol. The van der Waals surface area contributed by atoms with Crippen LogP contribution in [-0.4, -0.2) is 24.5 Å². The average Bonchev–Trinajstić information content (AvgIpc) is 2.35. The fraction of sp³-hybridized carbons (Fsp3) is 0.500. The first kappa shape index (κ1) is 14.8. The molecule has 0 spiro atoms. The van der Waals surface area contributed by atoms with E-state index in [9.17, 15) is 0 Å². The van der Waals surface area contributed by atoms with Crippen molar-refractivity contribution in [1.82, 2.24) is 4.90 Å². The van der Waals surface area contributed by atoms with E-state index < -0.39 is 0 Å². The molecule has 1 rings (SSSR count). The smallest absolute Gasteiger partial charge is 0.0555 e.